The second-order valence-electron chi connectivity index (χ2n) is 1.01. The van der Waals surface area contributed by atoms with Gasteiger partial charge in [0, 0.05) is 0 Å². The van der Waals surface area contributed by atoms with Gasteiger partial charge >= 0.3 is 40.5 Å². The minimum Gasteiger partial charge on any atom is -0.214 e. The first-order chi connectivity index (χ1) is 3.91. The van der Waals surface area contributed by atoms with E-state index in [4.69, 9.17) is 0 Å². The van der Waals surface area contributed by atoms with Gasteiger partial charge in [0.1, 0.15) is 0 Å². The molecule has 0 aliphatic carbocycles. The largest absolute Gasteiger partial charge is 0.214 e. The maximum absolute atomic E-state index is 3.13. The van der Waals surface area contributed by atoms with E-state index in [-0.39, 0.29) is 0 Å². The molecule has 0 N–H and O–H groups in total. The van der Waals surface area contributed by atoms with Gasteiger partial charge in [-0.05, 0) is 0 Å². The van der Waals surface area contributed by atoms with Crippen molar-refractivity contribution in [2.45, 2.75) is 0 Å². The molecule has 0 aliphatic heterocycles. The predicted molar refractivity (Wildman–Crippen MR) is 39.9 cm³/mol. The summed E-state index contributed by atoms with van der Waals surface area (Å²) in [6, 6.07) is 10.0. The minimum atomic E-state index is 0.455. The fourth-order valence-electron chi connectivity index (χ4n) is 0.321. The fraction of sp³-hybridized carbons (Fsp3) is 0. The Balaban J connectivity index is 0.000000145. The SMILES string of the molecule is [Br][Rh+][Br].c1cc[cH-]c1. The molecule has 0 unspecified atom stereocenters. The molecule has 0 fully saturated rings. The summed E-state index contributed by atoms with van der Waals surface area (Å²) in [4.78, 5) is 0. The van der Waals surface area contributed by atoms with Crippen molar-refractivity contribution in [3.8, 4) is 0 Å². The molecule has 0 nitrogen and oxygen atoms in total. The van der Waals surface area contributed by atoms with Gasteiger partial charge in [-0.2, -0.15) is 18.2 Å². The Kier molecular flexibility index (Phi) is 8.86. The number of hydrogen-bond donors (Lipinski definition) is 0. The van der Waals surface area contributed by atoms with Crippen molar-refractivity contribution in [2.24, 2.45) is 0 Å². The van der Waals surface area contributed by atoms with E-state index in [9.17, 15) is 0 Å². The minimum absolute atomic E-state index is 0.455. The average molecular weight is 328 g/mol. The zero-order chi connectivity index (χ0) is 6.24. The second kappa shape index (κ2) is 7.93. The van der Waals surface area contributed by atoms with Crippen LogP contribution in [0, 0.1) is 0 Å². The van der Waals surface area contributed by atoms with Crippen molar-refractivity contribution in [1.82, 2.24) is 0 Å². The third kappa shape index (κ3) is 6.93. The number of hydrogen-bond acceptors (Lipinski definition) is 0. The summed E-state index contributed by atoms with van der Waals surface area (Å²) in [5.74, 6) is 0. The Bertz CT molecular complexity index is 77.3. The summed E-state index contributed by atoms with van der Waals surface area (Å²) in [6.45, 7) is 0. The molecule has 0 atom stereocenters. The molecule has 1 aromatic rings. The van der Waals surface area contributed by atoms with E-state index < -0.39 is 0 Å². The summed E-state index contributed by atoms with van der Waals surface area (Å²) in [7, 11) is 0. The quantitative estimate of drug-likeness (QED) is 0.507. The molecule has 48 valence electrons. The second-order valence-corrected chi connectivity index (χ2v) is 8.57. The molecule has 0 saturated carbocycles. The van der Waals surface area contributed by atoms with Gasteiger partial charge in [-0.25, -0.2) is 12.1 Å². The van der Waals surface area contributed by atoms with E-state index in [1.165, 1.54) is 0 Å². The molecule has 1 rings (SSSR count). The number of halogens is 2. The van der Waals surface area contributed by atoms with Crippen LogP contribution in [-0.2, 0) is 13.2 Å². The van der Waals surface area contributed by atoms with Gasteiger partial charge in [0.05, 0.1) is 0 Å². The van der Waals surface area contributed by atoms with Crippen molar-refractivity contribution in [1.29, 1.82) is 0 Å². The fourth-order valence-corrected chi connectivity index (χ4v) is 0.321. The van der Waals surface area contributed by atoms with Crippen molar-refractivity contribution < 1.29 is 13.2 Å². The van der Waals surface area contributed by atoms with Gasteiger partial charge in [0.25, 0.3) is 0 Å². The summed E-state index contributed by atoms with van der Waals surface area (Å²) in [5, 5.41) is 0. The van der Waals surface area contributed by atoms with Gasteiger partial charge in [-0.1, -0.05) is 0 Å². The molecule has 3 heteroatoms. The molecular weight excluding hydrogens is 323 g/mol. The van der Waals surface area contributed by atoms with Gasteiger partial charge in [-0.3, -0.25) is 0 Å². The van der Waals surface area contributed by atoms with Crippen LogP contribution >= 0.6 is 27.2 Å². The van der Waals surface area contributed by atoms with E-state index in [2.05, 4.69) is 27.2 Å². The van der Waals surface area contributed by atoms with Crippen LogP contribution in [0.2, 0.25) is 0 Å². The Morgan fingerprint density at radius 3 is 1.62 bits per heavy atom. The van der Waals surface area contributed by atoms with Gasteiger partial charge < -0.3 is 0 Å². The van der Waals surface area contributed by atoms with Crippen LogP contribution in [0.4, 0.5) is 0 Å². The molecule has 0 heterocycles. The van der Waals surface area contributed by atoms with Crippen LogP contribution in [0.5, 0.6) is 0 Å². The van der Waals surface area contributed by atoms with Crippen molar-refractivity contribution in [2.75, 3.05) is 0 Å². The van der Waals surface area contributed by atoms with E-state index in [1.54, 1.807) is 0 Å². The van der Waals surface area contributed by atoms with Crippen LogP contribution in [0.3, 0.4) is 0 Å². The molecular formula is C5H5Br2Rh. The third-order valence-electron chi connectivity index (χ3n) is 0.556. The standard InChI is InChI=1S/C5H5.2BrH.Rh/c1-2-4-5-3-1;;;/h1-5H;2*1H;/q-1;;;+3/p-2. The summed E-state index contributed by atoms with van der Waals surface area (Å²) < 4.78 is 0. The van der Waals surface area contributed by atoms with Crippen molar-refractivity contribution >= 4 is 27.2 Å². The summed E-state index contributed by atoms with van der Waals surface area (Å²) >= 11 is 6.72. The molecule has 1 aromatic carbocycles. The maximum Gasteiger partial charge on any atom is -0.172 e. The van der Waals surface area contributed by atoms with Crippen LogP contribution in [0.25, 0.3) is 0 Å². The van der Waals surface area contributed by atoms with Gasteiger partial charge in [-0.15, -0.1) is 0 Å². The first-order valence-corrected chi connectivity index (χ1v) is 9.41. The van der Waals surface area contributed by atoms with Crippen molar-refractivity contribution in [3.05, 3.63) is 30.3 Å². The molecule has 0 bridgehead atoms. The Hall–Kier alpha value is 0.933. The first kappa shape index (κ1) is 8.93. The molecule has 0 radical (unpaired) electrons. The van der Waals surface area contributed by atoms with E-state index >= 15 is 0 Å². The van der Waals surface area contributed by atoms with Crippen LogP contribution in [0.1, 0.15) is 0 Å². The van der Waals surface area contributed by atoms with Crippen LogP contribution in [0.15, 0.2) is 30.3 Å². The maximum atomic E-state index is 3.13. The third-order valence-corrected chi connectivity index (χ3v) is 0.556. The van der Waals surface area contributed by atoms with E-state index in [0.717, 1.165) is 0 Å². The predicted octanol–water partition coefficient (Wildman–Crippen LogP) is 3.09. The molecule has 0 amide bonds. The van der Waals surface area contributed by atoms with Crippen LogP contribution in [-0.4, -0.2) is 0 Å². The number of rotatable bonds is 0. The topological polar surface area (TPSA) is 0 Å². The van der Waals surface area contributed by atoms with Crippen molar-refractivity contribution in [3.63, 3.8) is 0 Å². The van der Waals surface area contributed by atoms with E-state index in [1.807, 2.05) is 30.3 Å². The normalized spacial score (nSPS) is 7.75. The molecule has 0 aliphatic rings. The molecule has 0 spiro atoms. The first-order valence-electron chi connectivity index (χ1n) is 1.92. The van der Waals surface area contributed by atoms with Gasteiger partial charge in [0.15, 0.2) is 0 Å². The Morgan fingerprint density at radius 2 is 1.50 bits per heavy atom. The Morgan fingerprint density at radius 1 is 1.12 bits per heavy atom. The van der Waals surface area contributed by atoms with E-state index in [0.29, 0.717) is 13.2 Å². The zero-order valence-corrected chi connectivity index (χ0v) is 8.79. The summed E-state index contributed by atoms with van der Waals surface area (Å²) in [5.41, 5.74) is 0. The molecule has 0 saturated heterocycles. The molecule has 8 heavy (non-hydrogen) atoms. The summed E-state index contributed by atoms with van der Waals surface area (Å²) in [6.07, 6.45) is 0. The average Bonchev–Trinajstić information content (AvgIpc) is 2.17. The van der Waals surface area contributed by atoms with Gasteiger partial charge in [0.2, 0.25) is 0 Å². The molecule has 0 aromatic heterocycles. The Labute approximate surface area is 70.3 Å². The van der Waals surface area contributed by atoms with Crippen LogP contribution < -0.4 is 0 Å². The smallest absolute Gasteiger partial charge is 0.172 e. The zero-order valence-electron chi connectivity index (χ0n) is 3.98. The monoisotopic (exact) mass is 326 g/mol.